The summed E-state index contributed by atoms with van der Waals surface area (Å²) >= 11 is 0. The lowest BCUT2D eigenvalue weighted by atomic mass is 10.1. The Balaban J connectivity index is 2.52. The van der Waals surface area contributed by atoms with E-state index in [1.165, 1.54) is 6.07 Å². The van der Waals surface area contributed by atoms with Crippen LogP contribution < -0.4 is 5.56 Å². The Labute approximate surface area is 111 Å². The van der Waals surface area contributed by atoms with Crippen molar-refractivity contribution in [1.82, 2.24) is 4.57 Å². The van der Waals surface area contributed by atoms with Gasteiger partial charge >= 0.3 is 5.97 Å². The first-order chi connectivity index (χ1) is 9.13. The van der Waals surface area contributed by atoms with Crippen molar-refractivity contribution in [1.29, 1.82) is 0 Å². The first kappa shape index (κ1) is 13.3. The SMILES string of the molecule is CCCCCn1c(=O)ccc2ccc(C(=O)O)cc21. The molecule has 0 saturated carbocycles. The third kappa shape index (κ3) is 2.84. The summed E-state index contributed by atoms with van der Waals surface area (Å²) in [6.07, 6.45) is 3.06. The van der Waals surface area contributed by atoms with Crippen LogP contribution in [0.25, 0.3) is 10.9 Å². The number of pyridine rings is 1. The summed E-state index contributed by atoms with van der Waals surface area (Å²) in [6, 6.07) is 8.15. The largest absolute Gasteiger partial charge is 0.478 e. The van der Waals surface area contributed by atoms with E-state index in [9.17, 15) is 9.59 Å². The Morgan fingerprint density at radius 3 is 2.63 bits per heavy atom. The van der Waals surface area contributed by atoms with E-state index in [0.717, 1.165) is 24.6 Å². The highest BCUT2D eigenvalue weighted by atomic mass is 16.4. The number of benzene rings is 1. The van der Waals surface area contributed by atoms with Crippen LogP contribution in [0.4, 0.5) is 0 Å². The number of carboxylic acid groups (broad SMARTS) is 1. The molecule has 0 spiro atoms. The van der Waals surface area contributed by atoms with Gasteiger partial charge in [-0.2, -0.15) is 0 Å². The summed E-state index contributed by atoms with van der Waals surface area (Å²) in [7, 11) is 0. The van der Waals surface area contributed by atoms with Gasteiger partial charge in [0.15, 0.2) is 0 Å². The van der Waals surface area contributed by atoms with Crippen LogP contribution in [0.2, 0.25) is 0 Å². The molecule has 0 radical (unpaired) electrons. The summed E-state index contributed by atoms with van der Waals surface area (Å²) in [4.78, 5) is 22.9. The minimum absolute atomic E-state index is 0.0776. The lowest BCUT2D eigenvalue weighted by molar-refractivity contribution is 0.0697. The van der Waals surface area contributed by atoms with E-state index in [-0.39, 0.29) is 11.1 Å². The summed E-state index contributed by atoms with van der Waals surface area (Å²) < 4.78 is 1.66. The van der Waals surface area contributed by atoms with Gasteiger partial charge in [0.2, 0.25) is 0 Å². The minimum atomic E-state index is -0.974. The van der Waals surface area contributed by atoms with Crippen LogP contribution in [0, 0.1) is 0 Å². The molecule has 0 unspecified atom stereocenters. The molecule has 0 amide bonds. The number of unbranched alkanes of at least 4 members (excludes halogenated alkanes) is 2. The zero-order chi connectivity index (χ0) is 13.8. The Bertz CT molecular complexity index is 658. The molecule has 1 heterocycles. The second kappa shape index (κ2) is 5.69. The molecule has 1 aromatic heterocycles. The molecule has 0 aliphatic rings. The third-order valence-corrected chi connectivity index (χ3v) is 3.22. The molecule has 0 fully saturated rings. The van der Waals surface area contributed by atoms with E-state index in [1.807, 2.05) is 0 Å². The molecule has 0 aliphatic heterocycles. The fourth-order valence-electron chi connectivity index (χ4n) is 2.17. The van der Waals surface area contributed by atoms with E-state index in [0.29, 0.717) is 12.1 Å². The molecule has 1 N–H and O–H groups in total. The second-order valence-corrected chi connectivity index (χ2v) is 4.61. The molecule has 2 rings (SSSR count). The van der Waals surface area contributed by atoms with Crippen molar-refractivity contribution < 1.29 is 9.90 Å². The van der Waals surface area contributed by atoms with Gasteiger partial charge in [0.05, 0.1) is 11.1 Å². The molecule has 0 saturated heterocycles. The van der Waals surface area contributed by atoms with Gasteiger partial charge < -0.3 is 9.67 Å². The first-order valence-corrected chi connectivity index (χ1v) is 6.50. The molecule has 0 bridgehead atoms. The number of carbonyl (C=O) groups is 1. The average molecular weight is 259 g/mol. The standard InChI is InChI=1S/C15H17NO3/c1-2-3-4-9-16-13-10-12(15(18)19)6-5-11(13)7-8-14(16)17/h5-8,10H,2-4,9H2,1H3,(H,18,19). The van der Waals surface area contributed by atoms with Gasteiger partial charge in [-0.3, -0.25) is 4.79 Å². The number of nitrogens with zero attached hydrogens (tertiary/aromatic N) is 1. The van der Waals surface area contributed by atoms with Crippen LogP contribution in [0.3, 0.4) is 0 Å². The van der Waals surface area contributed by atoms with Crippen LogP contribution in [-0.2, 0) is 6.54 Å². The number of fused-ring (bicyclic) bond motifs is 1. The molecule has 4 nitrogen and oxygen atoms in total. The smallest absolute Gasteiger partial charge is 0.335 e. The van der Waals surface area contributed by atoms with Crippen LogP contribution in [-0.4, -0.2) is 15.6 Å². The zero-order valence-corrected chi connectivity index (χ0v) is 10.9. The Morgan fingerprint density at radius 1 is 1.21 bits per heavy atom. The normalized spacial score (nSPS) is 10.8. The Morgan fingerprint density at radius 2 is 1.95 bits per heavy atom. The third-order valence-electron chi connectivity index (χ3n) is 3.22. The van der Waals surface area contributed by atoms with Crippen molar-refractivity contribution in [2.24, 2.45) is 0 Å². The Kier molecular flexibility index (Phi) is 4.00. The maximum Gasteiger partial charge on any atom is 0.335 e. The highest BCUT2D eigenvalue weighted by Gasteiger charge is 2.07. The van der Waals surface area contributed by atoms with Gasteiger partial charge in [-0.25, -0.2) is 4.79 Å². The minimum Gasteiger partial charge on any atom is -0.478 e. The van der Waals surface area contributed by atoms with Crippen molar-refractivity contribution in [3.63, 3.8) is 0 Å². The van der Waals surface area contributed by atoms with Gasteiger partial charge in [0.1, 0.15) is 0 Å². The van der Waals surface area contributed by atoms with Crippen molar-refractivity contribution in [2.45, 2.75) is 32.7 Å². The lowest BCUT2D eigenvalue weighted by Crippen LogP contribution is -2.19. The van der Waals surface area contributed by atoms with Crippen molar-refractivity contribution >= 4 is 16.9 Å². The second-order valence-electron chi connectivity index (χ2n) is 4.61. The number of aryl methyl sites for hydroxylation is 1. The number of hydrogen-bond acceptors (Lipinski definition) is 2. The van der Waals surface area contributed by atoms with Crippen molar-refractivity contribution in [2.75, 3.05) is 0 Å². The van der Waals surface area contributed by atoms with Gasteiger partial charge in [-0.05, 0) is 30.0 Å². The van der Waals surface area contributed by atoms with E-state index >= 15 is 0 Å². The number of aromatic carboxylic acids is 1. The fraction of sp³-hybridized carbons (Fsp3) is 0.333. The number of hydrogen-bond donors (Lipinski definition) is 1. The van der Waals surface area contributed by atoms with Crippen LogP contribution in [0.15, 0.2) is 35.1 Å². The molecule has 2 aromatic rings. The molecule has 19 heavy (non-hydrogen) atoms. The quantitative estimate of drug-likeness (QED) is 0.840. The molecule has 100 valence electrons. The molecule has 1 aromatic carbocycles. The van der Waals surface area contributed by atoms with Crippen LogP contribution in [0.5, 0.6) is 0 Å². The number of aromatic nitrogens is 1. The summed E-state index contributed by atoms with van der Waals surface area (Å²) in [6.45, 7) is 2.74. The van der Waals surface area contributed by atoms with Crippen molar-refractivity contribution in [3.8, 4) is 0 Å². The summed E-state index contributed by atoms with van der Waals surface area (Å²) in [5.41, 5.74) is 0.831. The monoisotopic (exact) mass is 259 g/mol. The van der Waals surface area contributed by atoms with Crippen molar-refractivity contribution in [3.05, 3.63) is 46.2 Å². The lowest BCUT2D eigenvalue weighted by Gasteiger charge is -2.10. The maximum absolute atomic E-state index is 11.9. The highest BCUT2D eigenvalue weighted by Crippen LogP contribution is 2.15. The zero-order valence-electron chi connectivity index (χ0n) is 10.9. The molecule has 4 heteroatoms. The maximum atomic E-state index is 11.9. The highest BCUT2D eigenvalue weighted by molar-refractivity contribution is 5.93. The fourth-order valence-corrected chi connectivity index (χ4v) is 2.17. The van der Waals surface area contributed by atoms with Crippen LogP contribution >= 0.6 is 0 Å². The predicted molar refractivity (Wildman–Crippen MR) is 74.7 cm³/mol. The molecular formula is C15H17NO3. The summed E-state index contributed by atoms with van der Waals surface area (Å²) in [5.74, 6) is -0.974. The van der Waals surface area contributed by atoms with Gasteiger partial charge in [-0.15, -0.1) is 0 Å². The van der Waals surface area contributed by atoms with E-state index < -0.39 is 5.97 Å². The molecule has 0 atom stereocenters. The van der Waals surface area contributed by atoms with Gasteiger partial charge in [-0.1, -0.05) is 25.8 Å². The molecular weight excluding hydrogens is 242 g/mol. The van der Waals surface area contributed by atoms with E-state index in [1.54, 1.807) is 28.8 Å². The molecule has 0 aliphatic carbocycles. The number of carboxylic acids is 1. The van der Waals surface area contributed by atoms with Crippen LogP contribution in [0.1, 0.15) is 36.5 Å². The first-order valence-electron chi connectivity index (χ1n) is 6.50. The van der Waals surface area contributed by atoms with Gasteiger partial charge in [0.25, 0.3) is 5.56 Å². The summed E-state index contributed by atoms with van der Waals surface area (Å²) in [5, 5.41) is 9.92. The predicted octanol–water partition coefficient (Wildman–Crippen LogP) is 2.89. The van der Waals surface area contributed by atoms with E-state index in [2.05, 4.69) is 6.92 Å². The Hall–Kier alpha value is -2.10. The van der Waals surface area contributed by atoms with E-state index in [4.69, 9.17) is 5.11 Å². The average Bonchev–Trinajstić information content (AvgIpc) is 2.40. The number of rotatable bonds is 5. The van der Waals surface area contributed by atoms with Gasteiger partial charge in [0, 0.05) is 12.6 Å². The topological polar surface area (TPSA) is 59.3 Å².